The van der Waals surface area contributed by atoms with Gasteiger partial charge in [0, 0.05) is 21.1 Å². The fourth-order valence-electron chi connectivity index (χ4n) is 2.16. The summed E-state index contributed by atoms with van der Waals surface area (Å²) < 4.78 is 7.14. The summed E-state index contributed by atoms with van der Waals surface area (Å²) in [5.41, 5.74) is 4.65. The van der Waals surface area contributed by atoms with E-state index in [0.29, 0.717) is 6.61 Å². The molecular formula is C18H20INO2S. The van der Waals surface area contributed by atoms with Crippen LogP contribution in [0.1, 0.15) is 22.3 Å². The third-order valence-electron chi connectivity index (χ3n) is 3.65. The predicted octanol–water partition coefficient (Wildman–Crippen LogP) is 5.23. The van der Waals surface area contributed by atoms with Crippen molar-refractivity contribution in [1.29, 1.82) is 0 Å². The summed E-state index contributed by atoms with van der Waals surface area (Å²) in [7, 11) is 1.64. The number of rotatable bonds is 4. The molecule has 5 heteroatoms. The number of ether oxygens (including phenoxy) is 1. The lowest BCUT2D eigenvalue weighted by molar-refractivity contribution is 0.262. The average Bonchev–Trinajstić information content (AvgIpc) is 2.51. The fraction of sp³-hybridized carbons (Fsp3) is 0.278. The third-order valence-corrected chi connectivity index (χ3v) is 5.65. The first-order valence-electron chi connectivity index (χ1n) is 7.30. The van der Waals surface area contributed by atoms with Gasteiger partial charge in [0.05, 0.1) is 0 Å². The van der Waals surface area contributed by atoms with Crippen LogP contribution in [0.2, 0.25) is 0 Å². The van der Waals surface area contributed by atoms with E-state index in [2.05, 4.69) is 60.8 Å². The zero-order valence-electron chi connectivity index (χ0n) is 13.7. The van der Waals surface area contributed by atoms with Gasteiger partial charge < -0.3 is 10.1 Å². The van der Waals surface area contributed by atoms with Gasteiger partial charge in [-0.05, 0) is 90.0 Å². The number of aryl methyl sites for hydroxylation is 3. The Kier molecular flexibility index (Phi) is 6.35. The van der Waals surface area contributed by atoms with Gasteiger partial charge in [-0.2, -0.15) is 0 Å². The Balaban J connectivity index is 2.23. The second-order valence-corrected chi connectivity index (χ2v) is 7.52. The highest BCUT2D eigenvalue weighted by atomic mass is 127. The van der Waals surface area contributed by atoms with Crippen molar-refractivity contribution in [2.75, 3.05) is 7.05 Å². The molecule has 0 aromatic heterocycles. The molecule has 0 fully saturated rings. The molecule has 0 aliphatic rings. The van der Waals surface area contributed by atoms with Crippen LogP contribution in [0.15, 0.2) is 35.2 Å². The molecule has 0 saturated heterocycles. The van der Waals surface area contributed by atoms with E-state index in [-0.39, 0.29) is 5.24 Å². The van der Waals surface area contributed by atoms with E-state index >= 15 is 0 Å². The first-order chi connectivity index (χ1) is 10.9. The van der Waals surface area contributed by atoms with Crippen LogP contribution in [0, 0.1) is 24.3 Å². The SMILES string of the molecule is CNC(=O)Sc1cccc(I)c1COc1cc(C)c(C)cc1C. The largest absolute Gasteiger partial charge is 0.489 e. The van der Waals surface area contributed by atoms with Crippen molar-refractivity contribution < 1.29 is 9.53 Å². The molecule has 0 aliphatic heterocycles. The lowest BCUT2D eigenvalue weighted by Gasteiger charge is -2.15. The summed E-state index contributed by atoms with van der Waals surface area (Å²) in [6.07, 6.45) is 0. The minimum atomic E-state index is -0.0735. The Hall–Kier alpha value is -1.21. The van der Waals surface area contributed by atoms with E-state index in [0.717, 1.165) is 25.3 Å². The second-order valence-electron chi connectivity index (χ2n) is 5.35. The molecule has 0 bridgehead atoms. The highest BCUT2D eigenvalue weighted by Crippen LogP contribution is 2.29. The predicted molar refractivity (Wildman–Crippen MR) is 104 cm³/mol. The van der Waals surface area contributed by atoms with E-state index in [4.69, 9.17) is 4.74 Å². The molecule has 1 amide bonds. The Morgan fingerprint density at radius 1 is 1.17 bits per heavy atom. The summed E-state index contributed by atoms with van der Waals surface area (Å²) in [5.74, 6) is 0.892. The van der Waals surface area contributed by atoms with Gasteiger partial charge in [-0.15, -0.1) is 0 Å². The third kappa shape index (κ3) is 4.64. The molecule has 0 atom stereocenters. The van der Waals surface area contributed by atoms with Gasteiger partial charge in [0.2, 0.25) is 0 Å². The molecule has 23 heavy (non-hydrogen) atoms. The van der Waals surface area contributed by atoms with Crippen LogP contribution in [0.5, 0.6) is 5.75 Å². The van der Waals surface area contributed by atoms with Crippen LogP contribution in [0.25, 0.3) is 0 Å². The van der Waals surface area contributed by atoms with E-state index in [9.17, 15) is 4.79 Å². The lowest BCUT2D eigenvalue weighted by atomic mass is 10.1. The molecule has 122 valence electrons. The van der Waals surface area contributed by atoms with Crippen molar-refractivity contribution in [3.05, 3.63) is 56.2 Å². The molecule has 0 spiro atoms. The molecule has 0 saturated carbocycles. The molecular weight excluding hydrogens is 421 g/mol. The topological polar surface area (TPSA) is 38.3 Å². The number of benzene rings is 2. The van der Waals surface area contributed by atoms with Crippen LogP contribution < -0.4 is 10.1 Å². The van der Waals surface area contributed by atoms with Crippen molar-refractivity contribution in [3.63, 3.8) is 0 Å². The number of carbonyl (C=O) groups excluding carboxylic acids is 1. The maximum Gasteiger partial charge on any atom is 0.283 e. The van der Waals surface area contributed by atoms with E-state index in [1.165, 1.54) is 22.9 Å². The number of thioether (sulfide) groups is 1. The van der Waals surface area contributed by atoms with E-state index in [1.807, 2.05) is 18.2 Å². The highest BCUT2D eigenvalue weighted by Gasteiger charge is 2.12. The van der Waals surface area contributed by atoms with E-state index < -0.39 is 0 Å². The van der Waals surface area contributed by atoms with Gasteiger partial charge in [0.15, 0.2) is 0 Å². The Morgan fingerprint density at radius 2 is 1.87 bits per heavy atom. The number of nitrogens with one attached hydrogen (secondary N) is 1. The molecule has 2 aromatic rings. The quantitative estimate of drug-likeness (QED) is 0.522. The van der Waals surface area contributed by atoms with Gasteiger partial charge in [0.25, 0.3) is 5.24 Å². The van der Waals surface area contributed by atoms with Crippen molar-refractivity contribution in [2.45, 2.75) is 32.3 Å². The maximum absolute atomic E-state index is 11.7. The first kappa shape index (κ1) is 18.1. The van der Waals surface area contributed by atoms with Crippen LogP contribution in [-0.2, 0) is 6.61 Å². The molecule has 2 rings (SSSR count). The fourth-order valence-corrected chi connectivity index (χ4v) is 3.74. The maximum atomic E-state index is 11.7. The first-order valence-corrected chi connectivity index (χ1v) is 9.19. The smallest absolute Gasteiger partial charge is 0.283 e. The van der Waals surface area contributed by atoms with Crippen molar-refractivity contribution in [3.8, 4) is 5.75 Å². The zero-order valence-corrected chi connectivity index (χ0v) is 16.7. The number of amides is 1. The summed E-state index contributed by atoms with van der Waals surface area (Å²) in [6.45, 7) is 6.69. The van der Waals surface area contributed by atoms with Gasteiger partial charge in [0.1, 0.15) is 12.4 Å². The molecule has 2 aromatic carbocycles. The normalized spacial score (nSPS) is 10.5. The Bertz CT molecular complexity index is 731. The summed E-state index contributed by atoms with van der Waals surface area (Å²) in [4.78, 5) is 12.6. The minimum absolute atomic E-state index is 0.0735. The van der Waals surface area contributed by atoms with Crippen molar-refractivity contribution >= 4 is 39.6 Å². The lowest BCUT2D eigenvalue weighted by Crippen LogP contribution is -2.12. The second kappa shape index (κ2) is 8.06. The molecule has 1 N–H and O–H groups in total. The van der Waals surface area contributed by atoms with Gasteiger partial charge in [-0.1, -0.05) is 12.1 Å². The van der Waals surface area contributed by atoms with Crippen LogP contribution in [-0.4, -0.2) is 12.3 Å². The Labute approximate surface area is 155 Å². The van der Waals surface area contributed by atoms with Gasteiger partial charge in [-0.25, -0.2) is 0 Å². The van der Waals surface area contributed by atoms with Crippen molar-refractivity contribution in [1.82, 2.24) is 5.32 Å². The molecule has 0 aliphatic carbocycles. The number of carbonyl (C=O) groups is 1. The summed E-state index contributed by atoms with van der Waals surface area (Å²) >= 11 is 3.48. The number of halogens is 1. The van der Waals surface area contributed by atoms with Crippen LogP contribution >= 0.6 is 34.4 Å². The molecule has 0 radical (unpaired) electrons. The number of hydrogen-bond acceptors (Lipinski definition) is 3. The highest BCUT2D eigenvalue weighted by molar-refractivity contribution is 14.1. The zero-order chi connectivity index (χ0) is 17.0. The monoisotopic (exact) mass is 441 g/mol. The van der Waals surface area contributed by atoms with Crippen molar-refractivity contribution in [2.24, 2.45) is 0 Å². The summed E-state index contributed by atoms with van der Waals surface area (Å²) in [5, 5.41) is 2.56. The molecule has 0 unspecified atom stereocenters. The average molecular weight is 441 g/mol. The van der Waals surface area contributed by atoms with Crippen LogP contribution in [0.3, 0.4) is 0 Å². The summed E-state index contributed by atoms with van der Waals surface area (Å²) in [6, 6.07) is 10.2. The van der Waals surface area contributed by atoms with Crippen LogP contribution in [0.4, 0.5) is 4.79 Å². The minimum Gasteiger partial charge on any atom is -0.489 e. The molecule has 3 nitrogen and oxygen atoms in total. The number of hydrogen-bond donors (Lipinski definition) is 1. The van der Waals surface area contributed by atoms with Gasteiger partial charge >= 0.3 is 0 Å². The standard InChI is InChI=1S/C18H20INO2S/c1-11-8-13(3)16(9-12(11)2)22-10-14-15(19)6-5-7-17(14)23-18(21)20-4/h5-9H,10H2,1-4H3,(H,20,21). The Morgan fingerprint density at radius 3 is 2.57 bits per heavy atom. The van der Waals surface area contributed by atoms with E-state index in [1.54, 1.807) is 7.05 Å². The molecule has 0 heterocycles. The van der Waals surface area contributed by atoms with Gasteiger partial charge in [-0.3, -0.25) is 4.79 Å².